The van der Waals surface area contributed by atoms with Crippen LogP contribution in [0.3, 0.4) is 0 Å². The lowest BCUT2D eigenvalue weighted by Crippen LogP contribution is -2.45. The van der Waals surface area contributed by atoms with Gasteiger partial charge in [-0.25, -0.2) is 29.1 Å². The highest BCUT2D eigenvalue weighted by Crippen LogP contribution is 2.25. The first-order valence-electron chi connectivity index (χ1n) is 20.9. The highest BCUT2D eigenvalue weighted by Gasteiger charge is 2.41. The molecule has 1 amide bonds. The van der Waals surface area contributed by atoms with Gasteiger partial charge in [-0.05, 0) is 116 Å². The molecule has 0 radical (unpaired) electrons. The molecule has 1 fully saturated rings. The van der Waals surface area contributed by atoms with Gasteiger partial charge in [-0.15, -0.1) is 0 Å². The highest BCUT2D eigenvalue weighted by molar-refractivity contribution is 6.04. The molecule has 346 valence electrons. The van der Waals surface area contributed by atoms with Crippen molar-refractivity contribution in [2.45, 2.75) is 25.7 Å². The average molecular weight is 912 g/mol. The van der Waals surface area contributed by atoms with Gasteiger partial charge < -0.3 is 44.7 Å². The van der Waals surface area contributed by atoms with Crippen molar-refractivity contribution in [1.82, 2.24) is 24.8 Å². The van der Waals surface area contributed by atoms with Gasteiger partial charge in [-0.1, -0.05) is 18.2 Å². The number of ether oxygens (including phenoxy) is 4. The van der Waals surface area contributed by atoms with Crippen molar-refractivity contribution in [3.63, 3.8) is 0 Å². The maximum Gasteiger partial charge on any atom is 0.349 e. The van der Waals surface area contributed by atoms with Gasteiger partial charge >= 0.3 is 23.9 Å². The number of amides is 1. The Bertz CT molecular complexity index is 2570. The number of likely N-dealkylation sites (N-methyl/N-ethyl adjacent to an activating group) is 1. The van der Waals surface area contributed by atoms with E-state index in [0.717, 1.165) is 55.2 Å². The van der Waals surface area contributed by atoms with Gasteiger partial charge in [0.15, 0.2) is 0 Å². The molecule has 1 aliphatic rings. The van der Waals surface area contributed by atoms with Gasteiger partial charge in [0.1, 0.15) is 11.5 Å². The lowest BCUT2D eigenvalue weighted by molar-refractivity contribution is -0.166. The average Bonchev–Trinajstić information content (AvgIpc) is 3.35. The van der Waals surface area contributed by atoms with Gasteiger partial charge in [-0.3, -0.25) is 14.7 Å². The van der Waals surface area contributed by atoms with Crippen LogP contribution < -0.4 is 20.1 Å². The summed E-state index contributed by atoms with van der Waals surface area (Å²) in [5, 5.41) is 25.0. The molecular weight excluding hydrogens is 863 g/mol. The van der Waals surface area contributed by atoms with Crippen LogP contribution in [0.25, 0.3) is 11.3 Å². The minimum absolute atomic E-state index is 0.0485. The van der Waals surface area contributed by atoms with Gasteiger partial charge in [0.05, 0.1) is 31.0 Å². The van der Waals surface area contributed by atoms with E-state index < -0.39 is 36.1 Å². The minimum Gasteiger partial charge on any atom is -0.497 e. The van der Waals surface area contributed by atoms with Crippen LogP contribution in [-0.4, -0.2) is 124 Å². The summed E-state index contributed by atoms with van der Waals surface area (Å²) >= 11 is 0. The first kappa shape index (κ1) is 48.2. The number of anilines is 3. The monoisotopic (exact) mass is 911 g/mol. The molecule has 18 heteroatoms. The van der Waals surface area contributed by atoms with Crippen molar-refractivity contribution in [1.29, 1.82) is 0 Å². The normalized spacial score (nSPS) is 13.4. The summed E-state index contributed by atoms with van der Waals surface area (Å²) in [6.07, 6.45) is 0.660. The summed E-state index contributed by atoms with van der Waals surface area (Å²) in [4.78, 5) is 78.4. The van der Waals surface area contributed by atoms with Crippen molar-refractivity contribution < 1.29 is 53.1 Å². The Morgan fingerprint density at radius 1 is 0.701 bits per heavy atom. The number of benzene rings is 4. The van der Waals surface area contributed by atoms with E-state index in [0.29, 0.717) is 28.7 Å². The van der Waals surface area contributed by atoms with Gasteiger partial charge in [0, 0.05) is 73.8 Å². The van der Waals surface area contributed by atoms with E-state index in [1.165, 1.54) is 68.3 Å². The van der Waals surface area contributed by atoms with Crippen molar-refractivity contribution in [3.05, 3.63) is 156 Å². The summed E-state index contributed by atoms with van der Waals surface area (Å²) in [6, 6.07) is 30.3. The molecule has 6 aromatic rings. The zero-order valence-electron chi connectivity index (χ0n) is 37.1. The molecule has 1 saturated heterocycles. The van der Waals surface area contributed by atoms with E-state index in [9.17, 15) is 34.2 Å². The Hall–Kier alpha value is -8.22. The topological polar surface area (TPSA) is 232 Å². The Morgan fingerprint density at radius 3 is 1.79 bits per heavy atom. The number of methoxy groups -OCH3 is 2. The van der Waals surface area contributed by atoms with Crippen LogP contribution in [0.1, 0.15) is 42.2 Å². The van der Waals surface area contributed by atoms with Gasteiger partial charge in [-0.2, -0.15) is 0 Å². The third-order valence-corrected chi connectivity index (χ3v) is 10.5. The second kappa shape index (κ2) is 23.1. The molecule has 0 spiro atoms. The minimum atomic E-state index is -2.28. The molecule has 4 N–H and O–H groups in total. The van der Waals surface area contributed by atoms with Crippen LogP contribution in [0.5, 0.6) is 11.5 Å². The van der Waals surface area contributed by atoms with Crippen LogP contribution in [-0.2, 0) is 25.6 Å². The van der Waals surface area contributed by atoms with E-state index in [2.05, 4.69) is 42.4 Å². The van der Waals surface area contributed by atoms with E-state index >= 15 is 0 Å². The lowest BCUT2D eigenvalue weighted by Gasteiger charge is -2.32. The number of aryl methyl sites for hydroxylation is 1. The summed E-state index contributed by atoms with van der Waals surface area (Å²) in [5.41, 5.74) is 5.99. The fraction of sp³-hybridized carbons (Fsp3) is 0.224. The van der Waals surface area contributed by atoms with E-state index in [4.69, 9.17) is 18.9 Å². The number of pyridine rings is 1. The number of piperazine rings is 1. The van der Waals surface area contributed by atoms with Crippen molar-refractivity contribution in [2.75, 3.05) is 58.1 Å². The number of hydrogen-bond acceptors (Lipinski definition) is 15. The summed E-state index contributed by atoms with van der Waals surface area (Å²) in [7, 11) is 5.00. The number of carboxylic acid groups (broad SMARTS) is 2. The summed E-state index contributed by atoms with van der Waals surface area (Å²) in [5.74, 6) is -4.61. The second-order valence-electron chi connectivity index (χ2n) is 15.2. The van der Waals surface area contributed by atoms with E-state index in [1.807, 2.05) is 67.6 Å². The molecule has 2 atom stereocenters. The van der Waals surface area contributed by atoms with Crippen molar-refractivity contribution >= 4 is 47.1 Å². The maximum atomic E-state index is 12.9. The molecule has 18 nitrogen and oxygen atoms in total. The van der Waals surface area contributed by atoms with Crippen LogP contribution >= 0.6 is 0 Å². The Balaban J connectivity index is 0.000000227. The second-order valence-corrected chi connectivity index (χ2v) is 15.2. The maximum absolute atomic E-state index is 12.9. The number of carboxylic acids is 2. The van der Waals surface area contributed by atoms with Crippen LogP contribution in [0.4, 0.5) is 17.3 Å². The summed E-state index contributed by atoms with van der Waals surface area (Å²) < 4.78 is 19.5. The fourth-order valence-corrected chi connectivity index (χ4v) is 6.58. The zero-order valence-corrected chi connectivity index (χ0v) is 37.1. The number of nitrogens with zero attached hydrogens (tertiary/aromatic N) is 5. The Morgan fingerprint density at radius 2 is 1.27 bits per heavy atom. The number of rotatable bonds is 16. The number of aromatic nitrogens is 3. The Labute approximate surface area is 386 Å². The van der Waals surface area contributed by atoms with Crippen molar-refractivity contribution in [3.8, 4) is 22.8 Å². The SMILES string of the molecule is COc1ccc(C(=O)O[C@H](C(=O)O)[C@H](OC(=O)c2ccc(OC)cc2)C(=O)O)cc1.Cc1ccc(NC(=O)c2ccc(CN3CCN(C)CC3)cc2)cc1Nc1nccc(-c2cccnc2)n1. The molecule has 4 aromatic carbocycles. The predicted octanol–water partition coefficient (Wildman–Crippen LogP) is 6.21. The molecule has 3 heterocycles. The smallest absolute Gasteiger partial charge is 0.349 e. The first-order valence-corrected chi connectivity index (χ1v) is 20.9. The first-order chi connectivity index (χ1) is 32.3. The van der Waals surface area contributed by atoms with Crippen molar-refractivity contribution in [2.24, 2.45) is 0 Å². The molecule has 2 aromatic heterocycles. The molecule has 67 heavy (non-hydrogen) atoms. The van der Waals surface area contributed by atoms with Gasteiger partial charge in [0.25, 0.3) is 5.91 Å². The van der Waals surface area contributed by atoms with E-state index in [1.54, 1.807) is 18.6 Å². The largest absolute Gasteiger partial charge is 0.497 e. The molecule has 0 bridgehead atoms. The molecule has 7 rings (SSSR count). The third-order valence-electron chi connectivity index (χ3n) is 10.5. The van der Waals surface area contributed by atoms with Crippen LogP contribution in [0.2, 0.25) is 0 Å². The molecule has 0 unspecified atom stereocenters. The number of aliphatic carboxylic acids is 2. The van der Waals surface area contributed by atoms with Crippen LogP contribution in [0, 0.1) is 6.92 Å². The molecule has 0 aliphatic carbocycles. The van der Waals surface area contributed by atoms with Gasteiger partial charge in [0.2, 0.25) is 18.2 Å². The van der Waals surface area contributed by atoms with E-state index in [-0.39, 0.29) is 17.0 Å². The number of hydrogen-bond donors (Lipinski definition) is 4. The third kappa shape index (κ3) is 13.6. The highest BCUT2D eigenvalue weighted by atomic mass is 16.6. The molecule has 1 aliphatic heterocycles. The molecule has 0 saturated carbocycles. The number of carbonyl (C=O) groups excluding carboxylic acids is 3. The summed E-state index contributed by atoms with van der Waals surface area (Å²) in [6.45, 7) is 7.24. The Kier molecular flexibility index (Phi) is 16.6. The standard InChI is InChI=1S/C29H31N7O.C20H18O10/c1-21-5-10-25(18-27(21)34-29-31-13-11-26(33-29)24-4-3-12-30-19-24)32-28(37)23-8-6-22(7-9-23)20-36-16-14-35(2)15-17-36;1-27-13-7-3-11(4-8-13)19(25)29-15(17(21)22)16(18(23)24)30-20(26)12-5-9-14(28-2)10-6-12/h3-13,18-19H,14-17,20H2,1-2H3,(H,32,37)(H,31,33,34);3-10,15-16H,1-2H3,(H,21,22)(H,23,24)/t;15-,16-/m.0/s1. The molecular formula is C49H49N7O11. The quantitative estimate of drug-likeness (QED) is 0.0790. The number of esters is 2. The zero-order chi connectivity index (χ0) is 47.9. The lowest BCUT2D eigenvalue weighted by atomic mass is 10.1. The predicted molar refractivity (Wildman–Crippen MR) is 247 cm³/mol. The number of nitrogens with one attached hydrogen (secondary N) is 2. The van der Waals surface area contributed by atoms with Crippen LogP contribution in [0.15, 0.2) is 128 Å². The fourth-order valence-electron chi connectivity index (χ4n) is 6.58. The number of carbonyl (C=O) groups is 5.